The SMILES string of the molecule is O=C(O)CCCCCCCC(=O)O.OCC(O)CO.OCCOCCO. The Morgan fingerprint density at radius 3 is 1.27 bits per heavy atom. The molecule has 0 spiro atoms. The third-order valence-electron chi connectivity index (χ3n) is 2.67. The smallest absolute Gasteiger partial charge is 0.303 e. The van der Waals surface area contributed by atoms with Gasteiger partial charge in [0.25, 0.3) is 0 Å². The number of carbonyl (C=O) groups is 2. The van der Waals surface area contributed by atoms with E-state index in [1.807, 2.05) is 0 Å². The Morgan fingerprint density at radius 1 is 0.692 bits per heavy atom. The summed E-state index contributed by atoms with van der Waals surface area (Å²) in [6.07, 6.45) is 3.58. The quantitative estimate of drug-likeness (QED) is 0.186. The summed E-state index contributed by atoms with van der Waals surface area (Å²) in [6.45, 7) is -0.0336. The Morgan fingerprint density at radius 2 is 1.04 bits per heavy atom. The molecule has 0 saturated carbocycles. The Kier molecular flexibility index (Phi) is 29.4. The number of ether oxygens (including phenoxy) is 1. The Hall–Kier alpha value is -1.30. The molecule has 0 atom stereocenters. The summed E-state index contributed by atoms with van der Waals surface area (Å²) >= 11 is 0. The summed E-state index contributed by atoms with van der Waals surface area (Å²) in [7, 11) is 0. The van der Waals surface area contributed by atoms with E-state index in [1.54, 1.807) is 0 Å². The standard InChI is InChI=1S/C9H16O4.C4H10O3.C3H8O3/c10-8(11)6-4-2-1-3-5-7-9(12)13;5-1-3-7-4-2-6;4-1-3(6)2-5/h1-7H2,(H,10,11)(H,12,13);5-6H,1-4H2;3-6H,1-2H2. The first-order valence-corrected chi connectivity index (χ1v) is 8.48. The van der Waals surface area contributed by atoms with Gasteiger partial charge in [0.2, 0.25) is 0 Å². The number of aliphatic hydroxyl groups excluding tert-OH is 5. The van der Waals surface area contributed by atoms with Crippen molar-refractivity contribution in [3.63, 3.8) is 0 Å². The van der Waals surface area contributed by atoms with Crippen molar-refractivity contribution in [2.45, 2.75) is 51.0 Å². The summed E-state index contributed by atoms with van der Waals surface area (Å²) in [5.41, 5.74) is 0. The van der Waals surface area contributed by atoms with Gasteiger partial charge in [-0.1, -0.05) is 19.3 Å². The van der Waals surface area contributed by atoms with Crippen LogP contribution in [0.15, 0.2) is 0 Å². The Bertz CT molecular complexity index is 273. The van der Waals surface area contributed by atoms with Crippen LogP contribution in [-0.4, -0.2) is 93.4 Å². The summed E-state index contributed by atoms with van der Waals surface area (Å²) in [6, 6.07) is 0. The first-order chi connectivity index (χ1) is 12.3. The molecule has 0 aliphatic heterocycles. The van der Waals surface area contributed by atoms with Gasteiger partial charge < -0.3 is 40.5 Å². The number of rotatable bonds is 14. The van der Waals surface area contributed by atoms with E-state index >= 15 is 0 Å². The molecule has 0 aromatic heterocycles. The van der Waals surface area contributed by atoms with Gasteiger partial charge in [-0.25, -0.2) is 0 Å². The highest BCUT2D eigenvalue weighted by atomic mass is 16.5. The van der Waals surface area contributed by atoms with Crippen LogP contribution in [0.4, 0.5) is 0 Å². The van der Waals surface area contributed by atoms with Crippen LogP contribution in [0.1, 0.15) is 44.9 Å². The number of aliphatic carboxylic acids is 2. The van der Waals surface area contributed by atoms with Crippen molar-refractivity contribution in [3.05, 3.63) is 0 Å². The predicted molar refractivity (Wildman–Crippen MR) is 92.8 cm³/mol. The highest BCUT2D eigenvalue weighted by Crippen LogP contribution is 2.06. The minimum absolute atomic E-state index is 0.0278. The highest BCUT2D eigenvalue weighted by molar-refractivity contribution is 5.66. The van der Waals surface area contributed by atoms with Crippen molar-refractivity contribution in [1.82, 2.24) is 0 Å². The molecule has 10 heteroatoms. The van der Waals surface area contributed by atoms with Crippen molar-refractivity contribution < 1.29 is 50.1 Å². The zero-order chi connectivity index (χ0) is 20.6. The maximum Gasteiger partial charge on any atom is 0.303 e. The largest absolute Gasteiger partial charge is 0.481 e. The molecule has 0 aliphatic rings. The average Bonchev–Trinajstić information content (AvgIpc) is 2.61. The van der Waals surface area contributed by atoms with Crippen LogP contribution < -0.4 is 0 Å². The van der Waals surface area contributed by atoms with Gasteiger partial charge in [0.15, 0.2) is 0 Å². The van der Waals surface area contributed by atoms with Gasteiger partial charge in [0.05, 0.1) is 39.6 Å². The molecule has 0 amide bonds. The summed E-state index contributed by atoms with van der Waals surface area (Å²) in [5.74, 6) is -1.52. The number of hydrogen-bond acceptors (Lipinski definition) is 8. The van der Waals surface area contributed by atoms with Crippen LogP contribution in [0.5, 0.6) is 0 Å². The van der Waals surface area contributed by atoms with Gasteiger partial charge in [-0.05, 0) is 12.8 Å². The molecule has 0 bridgehead atoms. The normalized spacial score (nSPS) is 9.77. The number of hydrogen-bond donors (Lipinski definition) is 7. The predicted octanol–water partition coefficient (Wildman–Crippen LogP) is -0.794. The second kappa shape index (κ2) is 25.9. The molecule has 0 unspecified atom stereocenters. The molecular formula is C16H34O10. The number of unbranched alkanes of at least 4 members (excludes halogenated alkanes) is 4. The lowest BCUT2D eigenvalue weighted by atomic mass is 10.1. The van der Waals surface area contributed by atoms with E-state index in [0.29, 0.717) is 26.1 Å². The van der Waals surface area contributed by atoms with Gasteiger partial charge in [-0.15, -0.1) is 0 Å². The molecule has 158 valence electrons. The van der Waals surface area contributed by atoms with Crippen molar-refractivity contribution in [2.75, 3.05) is 39.6 Å². The summed E-state index contributed by atoms with van der Waals surface area (Å²) in [5, 5.41) is 56.8. The van der Waals surface area contributed by atoms with E-state index in [0.717, 1.165) is 19.3 Å². The topological polar surface area (TPSA) is 185 Å². The molecule has 0 aromatic carbocycles. The van der Waals surface area contributed by atoms with E-state index in [9.17, 15) is 9.59 Å². The van der Waals surface area contributed by atoms with E-state index in [4.69, 9.17) is 35.7 Å². The lowest BCUT2D eigenvalue weighted by Gasteiger charge is -1.97. The second-order valence-corrected chi connectivity index (χ2v) is 5.13. The maximum absolute atomic E-state index is 10.1. The summed E-state index contributed by atoms with van der Waals surface area (Å²) in [4.78, 5) is 20.2. The van der Waals surface area contributed by atoms with Crippen LogP contribution in [0.2, 0.25) is 0 Å². The van der Waals surface area contributed by atoms with Crippen molar-refractivity contribution in [2.24, 2.45) is 0 Å². The van der Waals surface area contributed by atoms with Crippen LogP contribution in [0.3, 0.4) is 0 Å². The molecule has 0 radical (unpaired) electrons. The summed E-state index contributed by atoms with van der Waals surface area (Å²) < 4.78 is 4.63. The fourth-order valence-corrected chi connectivity index (χ4v) is 1.37. The van der Waals surface area contributed by atoms with Crippen molar-refractivity contribution >= 4 is 11.9 Å². The second-order valence-electron chi connectivity index (χ2n) is 5.13. The number of aliphatic hydroxyl groups is 5. The lowest BCUT2D eigenvalue weighted by Crippen LogP contribution is -2.15. The highest BCUT2D eigenvalue weighted by Gasteiger charge is 1.98. The maximum atomic E-state index is 10.1. The zero-order valence-corrected chi connectivity index (χ0v) is 15.1. The number of carboxylic acid groups (broad SMARTS) is 2. The average molecular weight is 386 g/mol. The molecular weight excluding hydrogens is 352 g/mol. The first kappa shape index (κ1) is 29.5. The van der Waals surface area contributed by atoms with Crippen LogP contribution in [0, 0.1) is 0 Å². The van der Waals surface area contributed by atoms with Crippen LogP contribution in [-0.2, 0) is 14.3 Å². The molecule has 7 N–H and O–H groups in total. The molecule has 0 aromatic rings. The minimum Gasteiger partial charge on any atom is -0.481 e. The third-order valence-corrected chi connectivity index (χ3v) is 2.67. The molecule has 0 rings (SSSR count). The Labute approximate surface area is 153 Å². The fraction of sp³-hybridized carbons (Fsp3) is 0.875. The van der Waals surface area contributed by atoms with Crippen LogP contribution >= 0.6 is 0 Å². The van der Waals surface area contributed by atoms with Crippen LogP contribution in [0.25, 0.3) is 0 Å². The minimum atomic E-state index is -0.954. The lowest BCUT2D eigenvalue weighted by molar-refractivity contribution is -0.138. The third kappa shape index (κ3) is 38.3. The van der Waals surface area contributed by atoms with Crippen molar-refractivity contribution in [3.8, 4) is 0 Å². The number of carboxylic acids is 2. The molecule has 0 saturated heterocycles. The van der Waals surface area contributed by atoms with Gasteiger partial charge in [-0.2, -0.15) is 0 Å². The Balaban J connectivity index is -0.000000342. The first-order valence-electron chi connectivity index (χ1n) is 8.48. The van der Waals surface area contributed by atoms with Gasteiger partial charge >= 0.3 is 11.9 Å². The zero-order valence-electron chi connectivity index (χ0n) is 15.1. The monoisotopic (exact) mass is 386 g/mol. The van der Waals surface area contributed by atoms with E-state index in [2.05, 4.69) is 4.74 Å². The van der Waals surface area contributed by atoms with Crippen molar-refractivity contribution in [1.29, 1.82) is 0 Å². The van der Waals surface area contributed by atoms with E-state index in [-0.39, 0.29) is 39.3 Å². The van der Waals surface area contributed by atoms with Gasteiger partial charge in [0.1, 0.15) is 6.10 Å². The molecule has 0 heterocycles. The van der Waals surface area contributed by atoms with Gasteiger partial charge in [0, 0.05) is 12.8 Å². The van der Waals surface area contributed by atoms with E-state index in [1.165, 1.54) is 0 Å². The molecule has 10 nitrogen and oxygen atoms in total. The molecule has 0 aliphatic carbocycles. The molecule has 26 heavy (non-hydrogen) atoms. The van der Waals surface area contributed by atoms with E-state index < -0.39 is 18.0 Å². The molecule has 0 fully saturated rings. The fourth-order valence-electron chi connectivity index (χ4n) is 1.37. The van der Waals surface area contributed by atoms with Gasteiger partial charge in [-0.3, -0.25) is 9.59 Å².